The van der Waals surface area contributed by atoms with Crippen molar-refractivity contribution in [2.24, 2.45) is 0 Å². The van der Waals surface area contributed by atoms with Gasteiger partial charge in [-0.05, 0) is 31.2 Å². The molecule has 0 aromatic heterocycles. The van der Waals surface area contributed by atoms with Crippen LogP contribution in [-0.2, 0) is 4.79 Å². The van der Waals surface area contributed by atoms with Crippen molar-refractivity contribution >= 4 is 17.5 Å². The van der Waals surface area contributed by atoms with Gasteiger partial charge in [0.25, 0.3) is 5.91 Å². The third kappa shape index (κ3) is 4.49. The van der Waals surface area contributed by atoms with E-state index in [1.165, 1.54) is 7.11 Å². The highest BCUT2D eigenvalue weighted by atomic mass is 16.5. The number of hydrogen-bond donors (Lipinski definition) is 2. The van der Waals surface area contributed by atoms with Crippen molar-refractivity contribution in [2.45, 2.75) is 6.92 Å². The monoisotopic (exact) mass is 328 g/mol. The first-order valence-electron chi connectivity index (χ1n) is 7.58. The number of rotatable bonds is 7. The van der Waals surface area contributed by atoms with Gasteiger partial charge in [0.05, 0.1) is 31.5 Å². The van der Waals surface area contributed by atoms with Gasteiger partial charge in [0.2, 0.25) is 5.91 Å². The molecule has 2 rings (SSSR count). The molecular weight excluding hydrogens is 308 g/mol. The van der Waals surface area contributed by atoms with Crippen LogP contribution in [0.25, 0.3) is 0 Å². The molecule has 0 saturated carbocycles. The predicted octanol–water partition coefficient (Wildman–Crippen LogP) is 2.46. The number of carbonyl (C=O) groups is 2. The van der Waals surface area contributed by atoms with E-state index < -0.39 is 0 Å². The number of carbonyl (C=O) groups excluding carboxylic acids is 2. The summed E-state index contributed by atoms with van der Waals surface area (Å²) in [5.74, 6) is 0.326. The highest BCUT2D eigenvalue weighted by molar-refractivity contribution is 6.01. The Hall–Kier alpha value is -3.02. The van der Waals surface area contributed by atoms with Gasteiger partial charge in [-0.15, -0.1) is 0 Å². The molecule has 0 heterocycles. The summed E-state index contributed by atoms with van der Waals surface area (Å²) in [6.45, 7) is 2.21. The fourth-order valence-electron chi connectivity index (χ4n) is 2.13. The van der Waals surface area contributed by atoms with Crippen LogP contribution in [0.3, 0.4) is 0 Å². The molecule has 2 aromatic carbocycles. The molecule has 0 unspecified atom stereocenters. The van der Waals surface area contributed by atoms with Gasteiger partial charge >= 0.3 is 0 Å². The van der Waals surface area contributed by atoms with E-state index in [1.54, 1.807) is 42.5 Å². The van der Waals surface area contributed by atoms with Crippen molar-refractivity contribution in [3.8, 4) is 11.5 Å². The maximum absolute atomic E-state index is 12.2. The van der Waals surface area contributed by atoms with E-state index in [-0.39, 0.29) is 18.4 Å². The SMILES string of the molecule is CCOc1ccccc1NC(=O)CNC(=O)c1ccccc1OC. The van der Waals surface area contributed by atoms with Gasteiger partial charge in [-0.1, -0.05) is 24.3 Å². The van der Waals surface area contributed by atoms with Crippen molar-refractivity contribution in [3.63, 3.8) is 0 Å². The second-order valence-electron chi connectivity index (χ2n) is 4.86. The molecule has 0 aliphatic carbocycles. The van der Waals surface area contributed by atoms with Gasteiger partial charge in [0.1, 0.15) is 11.5 Å². The molecule has 6 nitrogen and oxygen atoms in total. The first kappa shape index (κ1) is 17.3. The largest absolute Gasteiger partial charge is 0.496 e. The molecule has 0 radical (unpaired) electrons. The average molecular weight is 328 g/mol. The lowest BCUT2D eigenvalue weighted by atomic mass is 10.2. The summed E-state index contributed by atoms with van der Waals surface area (Å²) in [5.41, 5.74) is 0.943. The molecule has 0 atom stereocenters. The Bertz CT molecular complexity index is 716. The molecule has 2 amide bonds. The third-order valence-electron chi connectivity index (χ3n) is 3.22. The summed E-state index contributed by atoms with van der Waals surface area (Å²) >= 11 is 0. The van der Waals surface area contributed by atoms with Crippen molar-refractivity contribution in [3.05, 3.63) is 54.1 Å². The summed E-state index contributed by atoms with van der Waals surface area (Å²) in [5, 5.41) is 5.29. The molecule has 0 aliphatic heterocycles. The molecule has 0 spiro atoms. The van der Waals surface area contributed by atoms with Crippen LogP contribution in [0.1, 0.15) is 17.3 Å². The maximum atomic E-state index is 12.2. The van der Waals surface area contributed by atoms with Crippen LogP contribution in [0.2, 0.25) is 0 Å². The fourth-order valence-corrected chi connectivity index (χ4v) is 2.13. The standard InChI is InChI=1S/C18H20N2O4/c1-3-24-16-11-7-5-9-14(16)20-17(21)12-19-18(22)13-8-4-6-10-15(13)23-2/h4-11H,3,12H2,1-2H3,(H,19,22)(H,20,21). The Kier molecular flexibility index (Phi) is 6.19. The molecule has 126 valence electrons. The van der Waals surface area contributed by atoms with Crippen LogP contribution in [-0.4, -0.2) is 32.1 Å². The van der Waals surface area contributed by atoms with E-state index >= 15 is 0 Å². The number of para-hydroxylation sites is 3. The molecule has 24 heavy (non-hydrogen) atoms. The summed E-state index contributed by atoms with van der Waals surface area (Å²) in [6, 6.07) is 14.0. The minimum absolute atomic E-state index is 0.155. The highest BCUT2D eigenvalue weighted by Gasteiger charge is 2.13. The molecule has 0 saturated heterocycles. The van der Waals surface area contributed by atoms with Gasteiger partial charge in [0.15, 0.2) is 0 Å². The van der Waals surface area contributed by atoms with Crippen molar-refractivity contribution in [2.75, 3.05) is 25.6 Å². The number of methoxy groups -OCH3 is 1. The maximum Gasteiger partial charge on any atom is 0.255 e. The highest BCUT2D eigenvalue weighted by Crippen LogP contribution is 2.23. The van der Waals surface area contributed by atoms with Gasteiger partial charge in [0, 0.05) is 0 Å². The normalized spacial score (nSPS) is 9.92. The zero-order valence-electron chi connectivity index (χ0n) is 13.7. The van der Waals surface area contributed by atoms with Crippen LogP contribution in [0.15, 0.2) is 48.5 Å². The van der Waals surface area contributed by atoms with Crippen molar-refractivity contribution < 1.29 is 19.1 Å². The molecule has 6 heteroatoms. The number of benzene rings is 2. The van der Waals surface area contributed by atoms with Gasteiger partial charge < -0.3 is 20.1 Å². The summed E-state index contributed by atoms with van der Waals surface area (Å²) < 4.78 is 10.6. The van der Waals surface area contributed by atoms with E-state index in [2.05, 4.69) is 10.6 Å². The zero-order chi connectivity index (χ0) is 17.4. The van der Waals surface area contributed by atoms with E-state index in [1.807, 2.05) is 13.0 Å². The van der Waals surface area contributed by atoms with Crippen LogP contribution in [0.4, 0.5) is 5.69 Å². The van der Waals surface area contributed by atoms with Gasteiger partial charge in [-0.25, -0.2) is 0 Å². The molecule has 2 aromatic rings. The first-order chi connectivity index (χ1) is 11.7. The molecular formula is C18H20N2O4. The number of nitrogens with one attached hydrogen (secondary N) is 2. The minimum Gasteiger partial charge on any atom is -0.496 e. The lowest BCUT2D eigenvalue weighted by molar-refractivity contribution is -0.115. The molecule has 0 aliphatic rings. The van der Waals surface area contributed by atoms with Crippen LogP contribution >= 0.6 is 0 Å². The lowest BCUT2D eigenvalue weighted by Crippen LogP contribution is -2.33. The lowest BCUT2D eigenvalue weighted by Gasteiger charge is -2.12. The van der Waals surface area contributed by atoms with E-state index in [9.17, 15) is 9.59 Å². The van der Waals surface area contributed by atoms with Crippen molar-refractivity contribution in [1.29, 1.82) is 0 Å². The minimum atomic E-state index is -0.374. The predicted molar refractivity (Wildman–Crippen MR) is 91.6 cm³/mol. The second kappa shape index (κ2) is 8.57. The van der Waals surface area contributed by atoms with Crippen LogP contribution in [0.5, 0.6) is 11.5 Å². The smallest absolute Gasteiger partial charge is 0.255 e. The summed E-state index contributed by atoms with van der Waals surface area (Å²) in [4.78, 5) is 24.2. The molecule has 2 N–H and O–H groups in total. The van der Waals surface area contributed by atoms with Crippen LogP contribution in [0, 0.1) is 0 Å². The number of anilines is 1. The Morgan fingerprint density at radius 1 is 1.00 bits per heavy atom. The first-order valence-corrected chi connectivity index (χ1v) is 7.58. The van der Waals surface area contributed by atoms with E-state index in [0.29, 0.717) is 29.4 Å². The molecule has 0 bridgehead atoms. The topological polar surface area (TPSA) is 76.7 Å². The number of amides is 2. The Morgan fingerprint density at radius 3 is 2.38 bits per heavy atom. The van der Waals surface area contributed by atoms with E-state index in [4.69, 9.17) is 9.47 Å². The molecule has 0 fully saturated rings. The Labute approximate surface area is 140 Å². The summed E-state index contributed by atoms with van der Waals surface area (Å²) in [6.07, 6.45) is 0. The van der Waals surface area contributed by atoms with Gasteiger partial charge in [-0.2, -0.15) is 0 Å². The van der Waals surface area contributed by atoms with Crippen LogP contribution < -0.4 is 20.1 Å². The third-order valence-corrected chi connectivity index (χ3v) is 3.22. The quantitative estimate of drug-likeness (QED) is 0.818. The Balaban J connectivity index is 1.95. The number of hydrogen-bond acceptors (Lipinski definition) is 4. The zero-order valence-corrected chi connectivity index (χ0v) is 13.7. The second-order valence-corrected chi connectivity index (χ2v) is 4.86. The fraction of sp³-hybridized carbons (Fsp3) is 0.222. The summed E-state index contributed by atoms with van der Waals surface area (Å²) in [7, 11) is 1.49. The Morgan fingerprint density at radius 2 is 1.67 bits per heavy atom. The number of ether oxygens (including phenoxy) is 2. The van der Waals surface area contributed by atoms with Gasteiger partial charge in [-0.3, -0.25) is 9.59 Å². The van der Waals surface area contributed by atoms with E-state index in [0.717, 1.165) is 0 Å². The van der Waals surface area contributed by atoms with Crippen molar-refractivity contribution in [1.82, 2.24) is 5.32 Å². The average Bonchev–Trinajstić information content (AvgIpc) is 2.61.